The maximum Gasteiger partial charge on any atom is 0.416 e. The maximum atomic E-state index is 12.9. The molecule has 0 saturated heterocycles. The number of benzene rings is 2. The highest BCUT2D eigenvalue weighted by Gasteiger charge is 2.31. The number of hydrogen-bond acceptors (Lipinski definition) is 4. The zero-order valence-corrected chi connectivity index (χ0v) is 17.4. The topological polar surface area (TPSA) is 75.7 Å². The molecule has 0 aliphatic heterocycles. The molecule has 0 radical (unpaired) electrons. The van der Waals surface area contributed by atoms with Crippen LogP contribution in [0, 0.1) is 0 Å². The van der Waals surface area contributed by atoms with E-state index >= 15 is 0 Å². The van der Waals surface area contributed by atoms with Crippen molar-refractivity contribution in [3.05, 3.63) is 52.0 Å². The number of ether oxygens (including phenoxy) is 1. The van der Waals surface area contributed by atoms with Crippen LogP contribution in [0.1, 0.15) is 5.56 Å². The van der Waals surface area contributed by atoms with Crippen LogP contribution in [0.25, 0.3) is 0 Å². The molecule has 2 aromatic rings. The lowest BCUT2D eigenvalue weighted by atomic mass is 10.2. The summed E-state index contributed by atoms with van der Waals surface area (Å²) < 4.78 is 68.6. The number of carbonyl (C=O) groups is 1. The predicted molar refractivity (Wildman–Crippen MR) is 105 cm³/mol. The van der Waals surface area contributed by atoms with Gasteiger partial charge in [-0.05, 0) is 36.4 Å². The quantitative estimate of drug-likeness (QED) is 0.677. The Kier molecular flexibility index (Phi) is 6.92. The SMILES string of the molecule is COc1ccc(N(CC(=O)Nc2cc(C(F)(F)F)ccc2Cl)S(C)(=O)=O)cc1Cl. The molecule has 0 atom stereocenters. The Hall–Kier alpha value is -2.17. The van der Waals surface area contributed by atoms with E-state index in [9.17, 15) is 26.4 Å². The third-order valence-electron chi connectivity index (χ3n) is 3.68. The van der Waals surface area contributed by atoms with Crippen molar-refractivity contribution in [2.24, 2.45) is 0 Å². The van der Waals surface area contributed by atoms with E-state index in [0.29, 0.717) is 11.8 Å². The third-order valence-corrected chi connectivity index (χ3v) is 5.44. The Morgan fingerprint density at radius 1 is 1.14 bits per heavy atom. The average Bonchev–Trinajstić information content (AvgIpc) is 2.59. The Bertz CT molecular complexity index is 1030. The van der Waals surface area contributed by atoms with E-state index in [0.717, 1.165) is 22.7 Å². The minimum Gasteiger partial charge on any atom is -0.495 e. The second kappa shape index (κ2) is 8.68. The molecule has 12 heteroatoms. The molecule has 0 spiro atoms. The molecule has 0 aliphatic carbocycles. The summed E-state index contributed by atoms with van der Waals surface area (Å²) in [7, 11) is -2.55. The molecule has 0 aromatic heterocycles. The van der Waals surface area contributed by atoms with Gasteiger partial charge in [0.15, 0.2) is 0 Å². The molecule has 2 rings (SSSR count). The summed E-state index contributed by atoms with van der Waals surface area (Å²) in [5.41, 5.74) is -1.24. The van der Waals surface area contributed by atoms with E-state index in [-0.39, 0.29) is 21.4 Å². The van der Waals surface area contributed by atoms with E-state index in [1.807, 2.05) is 0 Å². The van der Waals surface area contributed by atoms with Gasteiger partial charge >= 0.3 is 6.18 Å². The lowest BCUT2D eigenvalue weighted by Crippen LogP contribution is -2.37. The molecule has 0 heterocycles. The van der Waals surface area contributed by atoms with E-state index in [1.54, 1.807) is 0 Å². The molecular weight excluding hydrogens is 456 g/mol. The standard InChI is InChI=1S/C17H15Cl2F3N2O4S/c1-28-15-6-4-11(8-13(15)19)24(29(2,26)27)9-16(25)23-14-7-10(17(20,21)22)3-5-12(14)18/h3-8H,9H2,1-2H3,(H,23,25). The van der Waals surface area contributed by atoms with Crippen LogP contribution in [-0.4, -0.2) is 34.2 Å². The van der Waals surface area contributed by atoms with E-state index in [2.05, 4.69) is 5.32 Å². The zero-order chi connectivity index (χ0) is 22.0. The lowest BCUT2D eigenvalue weighted by Gasteiger charge is -2.22. The minimum absolute atomic E-state index is 0.0728. The van der Waals surface area contributed by atoms with Gasteiger partial charge in [0.05, 0.1) is 40.3 Å². The van der Waals surface area contributed by atoms with Gasteiger partial charge in [0.25, 0.3) is 0 Å². The number of sulfonamides is 1. The normalized spacial score (nSPS) is 11.8. The number of alkyl halides is 3. The fourth-order valence-electron chi connectivity index (χ4n) is 2.33. The van der Waals surface area contributed by atoms with E-state index in [1.165, 1.54) is 25.3 Å². The first-order valence-electron chi connectivity index (χ1n) is 7.81. The van der Waals surface area contributed by atoms with Gasteiger partial charge in [-0.3, -0.25) is 9.10 Å². The maximum absolute atomic E-state index is 12.9. The number of nitrogens with zero attached hydrogens (tertiary/aromatic N) is 1. The van der Waals surface area contributed by atoms with Crippen LogP contribution in [-0.2, 0) is 21.0 Å². The van der Waals surface area contributed by atoms with Crippen molar-refractivity contribution in [1.82, 2.24) is 0 Å². The molecule has 2 aromatic carbocycles. The van der Waals surface area contributed by atoms with Crippen LogP contribution in [0.15, 0.2) is 36.4 Å². The summed E-state index contributed by atoms with van der Waals surface area (Å²) in [6, 6.07) is 6.48. The Balaban J connectivity index is 2.30. The fourth-order valence-corrected chi connectivity index (χ4v) is 3.59. The van der Waals surface area contributed by atoms with Gasteiger partial charge in [-0.15, -0.1) is 0 Å². The molecule has 1 amide bonds. The van der Waals surface area contributed by atoms with E-state index < -0.39 is 34.2 Å². The molecular formula is C17H15Cl2F3N2O4S. The predicted octanol–water partition coefficient (Wildman–Crippen LogP) is 4.43. The molecule has 0 bridgehead atoms. The molecule has 0 saturated carbocycles. The molecule has 158 valence electrons. The van der Waals surface area contributed by atoms with Crippen molar-refractivity contribution in [3.63, 3.8) is 0 Å². The van der Waals surface area contributed by atoms with Gasteiger partial charge in [-0.25, -0.2) is 8.42 Å². The average molecular weight is 471 g/mol. The number of nitrogens with one attached hydrogen (secondary N) is 1. The van der Waals surface area contributed by atoms with Crippen molar-refractivity contribution in [2.75, 3.05) is 29.5 Å². The van der Waals surface area contributed by atoms with Crippen molar-refractivity contribution >= 4 is 50.5 Å². The van der Waals surface area contributed by atoms with Crippen LogP contribution in [0.2, 0.25) is 10.0 Å². The van der Waals surface area contributed by atoms with Gasteiger partial charge in [0.2, 0.25) is 15.9 Å². The first-order chi connectivity index (χ1) is 13.3. The molecule has 0 fully saturated rings. The van der Waals surface area contributed by atoms with Crippen molar-refractivity contribution in [2.45, 2.75) is 6.18 Å². The Morgan fingerprint density at radius 2 is 1.79 bits per heavy atom. The summed E-state index contributed by atoms with van der Waals surface area (Å²) in [6.07, 6.45) is -3.77. The summed E-state index contributed by atoms with van der Waals surface area (Å²) in [5.74, 6) is -0.604. The summed E-state index contributed by atoms with van der Waals surface area (Å²) >= 11 is 11.8. The van der Waals surface area contributed by atoms with Gasteiger partial charge < -0.3 is 10.1 Å². The smallest absolute Gasteiger partial charge is 0.416 e. The summed E-state index contributed by atoms with van der Waals surface area (Å²) in [5, 5.41) is 2.17. The monoisotopic (exact) mass is 470 g/mol. The van der Waals surface area contributed by atoms with E-state index in [4.69, 9.17) is 27.9 Å². The van der Waals surface area contributed by atoms with Crippen LogP contribution in [0.3, 0.4) is 0 Å². The van der Waals surface area contributed by atoms with Crippen LogP contribution < -0.4 is 14.4 Å². The first-order valence-corrected chi connectivity index (χ1v) is 10.4. The number of anilines is 2. The Labute approximate surface area is 175 Å². The van der Waals surface area contributed by atoms with Gasteiger partial charge in [-0.1, -0.05) is 23.2 Å². The van der Waals surface area contributed by atoms with Crippen LogP contribution >= 0.6 is 23.2 Å². The lowest BCUT2D eigenvalue weighted by molar-refractivity contribution is -0.137. The second-order valence-corrected chi connectivity index (χ2v) is 8.55. The zero-order valence-electron chi connectivity index (χ0n) is 15.0. The summed E-state index contributed by atoms with van der Waals surface area (Å²) in [4.78, 5) is 12.3. The second-order valence-electron chi connectivity index (χ2n) is 5.83. The van der Waals surface area contributed by atoms with Gasteiger partial charge in [0, 0.05) is 0 Å². The molecule has 29 heavy (non-hydrogen) atoms. The van der Waals surface area contributed by atoms with Gasteiger partial charge in [-0.2, -0.15) is 13.2 Å². The van der Waals surface area contributed by atoms with Crippen LogP contribution in [0.5, 0.6) is 5.75 Å². The van der Waals surface area contributed by atoms with Gasteiger partial charge in [0.1, 0.15) is 12.3 Å². The minimum atomic E-state index is -4.64. The number of amides is 1. The Morgan fingerprint density at radius 3 is 2.31 bits per heavy atom. The molecule has 1 N–H and O–H groups in total. The number of halogens is 5. The largest absolute Gasteiger partial charge is 0.495 e. The number of rotatable bonds is 6. The van der Waals surface area contributed by atoms with Crippen molar-refractivity contribution in [3.8, 4) is 5.75 Å². The fraction of sp³-hybridized carbons (Fsp3) is 0.235. The first kappa shape index (κ1) is 23.1. The number of carbonyl (C=O) groups excluding carboxylic acids is 1. The molecule has 0 aliphatic rings. The molecule has 6 nitrogen and oxygen atoms in total. The number of methoxy groups -OCH3 is 1. The highest BCUT2D eigenvalue weighted by Crippen LogP contribution is 2.34. The number of hydrogen-bond donors (Lipinski definition) is 1. The van der Waals surface area contributed by atoms with Crippen LogP contribution in [0.4, 0.5) is 24.5 Å². The third kappa shape index (κ3) is 5.91. The molecule has 0 unspecified atom stereocenters. The van der Waals surface area contributed by atoms with Crippen molar-refractivity contribution < 1.29 is 31.1 Å². The highest BCUT2D eigenvalue weighted by atomic mass is 35.5. The van der Waals surface area contributed by atoms with Crippen molar-refractivity contribution in [1.29, 1.82) is 0 Å². The highest BCUT2D eigenvalue weighted by molar-refractivity contribution is 7.92. The summed E-state index contributed by atoms with van der Waals surface area (Å²) in [6.45, 7) is -0.714.